The Hall–Kier alpha value is -2.67. The van der Waals surface area contributed by atoms with Gasteiger partial charge in [-0.1, -0.05) is 27.5 Å². The number of halogens is 2. The quantitative estimate of drug-likeness (QED) is 0.365. The molecule has 3 aromatic rings. The van der Waals surface area contributed by atoms with Crippen LogP contribution in [0.15, 0.2) is 71.2 Å². The first-order valence-electron chi connectivity index (χ1n) is 10.3. The summed E-state index contributed by atoms with van der Waals surface area (Å²) < 4.78 is 12.1. The summed E-state index contributed by atoms with van der Waals surface area (Å²) in [4.78, 5) is 0. The van der Waals surface area contributed by atoms with E-state index in [2.05, 4.69) is 26.6 Å². The van der Waals surface area contributed by atoms with Crippen LogP contribution in [-0.2, 0) is 0 Å². The van der Waals surface area contributed by atoms with Gasteiger partial charge < -0.3 is 19.9 Å². The van der Waals surface area contributed by atoms with Gasteiger partial charge in [0.15, 0.2) is 0 Å². The van der Waals surface area contributed by atoms with E-state index in [0.717, 1.165) is 32.8 Å². The molecule has 0 saturated carbocycles. The summed E-state index contributed by atoms with van der Waals surface area (Å²) >= 11 is 9.80. The van der Waals surface area contributed by atoms with Gasteiger partial charge in [0.2, 0.25) is 0 Å². The fourth-order valence-electron chi connectivity index (χ4n) is 3.77. The number of benzene rings is 3. The zero-order chi connectivity index (χ0) is 22.7. The van der Waals surface area contributed by atoms with Gasteiger partial charge in [0.25, 0.3) is 0 Å². The molecule has 0 radical (unpaired) electrons. The van der Waals surface area contributed by atoms with Crippen LogP contribution in [0.25, 0.3) is 5.70 Å². The van der Waals surface area contributed by atoms with E-state index in [-0.39, 0.29) is 18.0 Å². The first-order chi connectivity index (χ1) is 15.5. The summed E-state index contributed by atoms with van der Waals surface area (Å²) in [5.41, 5.74) is 3.55. The smallest absolute Gasteiger partial charge is 0.125 e. The molecule has 0 amide bonds. The number of rotatable bonds is 6. The predicted molar refractivity (Wildman–Crippen MR) is 131 cm³/mol. The number of ether oxygens (including phenoxy) is 2. The third kappa shape index (κ3) is 4.88. The Bertz CT molecular complexity index is 1130. The van der Waals surface area contributed by atoms with Crippen LogP contribution in [0, 0.1) is 0 Å². The molecule has 1 aliphatic rings. The van der Waals surface area contributed by atoms with Crippen LogP contribution in [0.5, 0.6) is 17.2 Å². The number of nitrogens with one attached hydrogen (secondary N) is 2. The summed E-state index contributed by atoms with van der Waals surface area (Å²) in [7, 11) is 1.65. The van der Waals surface area contributed by atoms with Gasteiger partial charge >= 0.3 is 0 Å². The van der Waals surface area contributed by atoms with Gasteiger partial charge in [-0.2, -0.15) is 0 Å². The lowest BCUT2D eigenvalue weighted by Crippen LogP contribution is -2.39. The Labute approximate surface area is 201 Å². The molecule has 2 atom stereocenters. The normalized spacial score (nSPS) is 17.9. The molecule has 3 aromatic carbocycles. The van der Waals surface area contributed by atoms with Crippen LogP contribution in [0.3, 0.4) is 0 Å². The highest BCUT2D eigenvalue weighted by Crippen LogP contribution is 2.37. The molecule has 32 heavy (non-hydrogen) atoms. The molecule has 5 nitrogen and oxygen atoms in total. The maximum atomic E-state index is 10.5. The van der Waals surface area contributed by atoms with Gasteiger partial charge in [-0.25, -0.2) is 0 Å². The Kier molecular flexibility index (Phi) is 6.94. The molecular weight excluding hydrogens is 492 g/mol. The van der Waals surface area contributed by atoms with Gasteiger partial charge in [0.1, 0.15) is 23.4 Å². The number of aromatic hydroxyl groups is 1. The molecule has 0 bridgehead atoms. The number of methoxy groups -OCH3 is 1. The monoisotopic (exact) mass is 514 g/mol. The molecule has 3 N–H and O–H groups in total. The van der Waals surface area contributed by atoms with Crippen molar-refractivity contribution in [3.63, 3.8) is 0 Å². The largest absolute Gasteiger partial charge is 0.508 e. The van der Waals surface area contributed by atoms with Crippen molar-refractivity contribution < 1.29 is 14.6 Å². The Morgan fingerprint density at radius 1 is 1.03 bits per heavy atom. The highest BCUT2D eigenvalue weighted by Gasteiger charge is 2.28. The molecule has 0 saturated heterocycles. The summed E-state index contributed by atoms with van der Waals surface area (Å²) in [6.45, 7) is 2.58. The average Bonchev–Trinajstić information content (AvgIpc) is 2.81. The molecule has 0 fully saturated rings. The Morgan fingerprint density at radius 2 is 1.81 bits per heavy atom. The molecule has 0 aromatic heterocycles. The number of hydrogen-bond acceptors (Lipinski definition) is 5. The van der Waals surface area contributed by atoms with Gasteiger partial charge in [0, 0.05) is 26.3 Å². The van der Waals surface area contributed by atoms with Gasteiger partial charge in [-0.15, -0.1) is 0 Å². The molecule has 2 unspecified atom stereocenters. The minimum atomic E-state index is -0.287. The first-order valence-corrected chi connectivity index (χ1v) is 11.4. The molecule has 1 heterocycles. The molecule has 4 rings (SSSR count). The van der Waals surface area contributed by atoms with Crippen LogP contribution in [-0.4, -0.2) is 18.8 Å². The molecule has 0 aliphatic carbocycles. The number of phenolic OH excluding ortho intramolecular Hbond substituents is 1. The van der Waals surface area contributed by atoms with Crippen molar-refractivity contribution >= 4 is 33.2 Å². The third-order valence-electron chi connectivity index (χ3n) is 5.28. The summed E-state index contributed by atoms with van der Waals surface area (Å²) in [6.07, 6.45) is 1.76. The molecule has 7 heteroatoms. The minimum Gasteiger partial charge on any atom is -0.508 e. The highest BCUT2D eigenvalue weighted by molar-refractivity contribution is 9.10. The van der Waals surface area contributed by atoms with Crippen molar-refractivity contribution in [2.75, 3.05) is 13.7 Å². The van der Waals surface area contributed by atoms with E-state index in [4.69, 9.17) is 21.1 Å². The van der Waals surface area contributed by atoms with Crippen LogP contribution in [0.1, 0.15) is 35.8 Å². The zero-order valence-electron chi connectivity index (χ0n) is 17.7. The van der Waals surface area contributed by atoms with Gasteiger partial charge in [-0.05, 0) is 79.2 Å². The summed E-state index contributed by atoms with van der Waals surface area (Å²) in [6, 6.07) is 18.6. The van der Waals surface area contributed by atoms with Crippen molar-refractivity contribution in [2.45, 2.75) is 19.1 Å². The average molecular weight is 516 g/mol. The van der Waals surface area contributed by atoms with E-state index >= 15 is 0 Å². The lowest BCUT2D eigenvalue weighted by atomic mass is 9.97. The predicted octanol–water partition coefficient (Wildman–Crippen LogP) is 6.19. The van der Waals surface area contributed by atoms with Gasteiger partial charge in [0.05, 0.1) is 19.8 Å². The standard InChI is InChI=1S/C25H24BrClN2O3/c1-3-32-18-8-4-15(5-9-18)21-14-22(19-13-17(27)7-10-23(19)30)29-25(28-21)20-12-16(26)6-11-24(20)31-2/h4-14,22,25,28-30H,3H2,1-2H3. The SMILES string of the molecule is CCOc1ccc(C2=CC(c3cc(Cl)ccc3O)NC(c3cc(Br)ccc3OC)N2)cc1. The second-order valence-electron chi connectivity index (χ2n) is 7.35. The van der Waals surface area contributed by atoms with Crippen molar-refractivity contribution in [3.8, 4) is 17.2 Å². The van der Waals surface area contributed by atoms with E-state index in [1.165, 1.54) is 0 Å². The maximum Gasteiger partial charge on any atom is 0.125 e. The fraction of sp³-hybridized carbons (Fsp3) is 0.200. The van der Waals surface area contributed by atoms with Crippen LogP contribution in [0.4, 0.5) is 0 Å². The molecule has 166 valence electrons. The molecule has 1 aliphatic heterocycles. The summed E-state index contributed by atoms with van der Waals surface area (Å²) in [5.74, 6) is 1.75. The van der Waals surface area contributed by atoms with Crippen LogP contribution < -0.4 is 20.1 Å². The second kappa shape index (κ2) is 9.86. The Balaban J connectivity index is 1.78. The number of hydrogen-bond donors (Lipinski definition) is 3. The fourth-order valence-corrected chi connectivity index (χ4v) is 4.33. The lowest BCUT2D eigenvalue weighted by molar-refractivity contribution is 0.340. The van der Waals surface area contributed by atoms with Crippen molar-refractivity contribution in [1.82, 2.24) is 10.6 Å². The van der Waals surface area contributed by atoms with Crippen molar-refractivity contribution in [3.05, 3.63) is 92.9 Å². The Morgan fingerprint density at radius 3 is 2.53 bits per heavy atom. The van der Waals surface area contributed by atoms with Gasteiger partial charge in [-0.3, -0.25) is 5.32 Å². The highest BCUT2D eigenvalue weighted by atomic mass is 79.9. The molecule has 0 spiro atoms. The number of phenols is 1. The van der Waals surface area contributed by atoms with Crippen LogP contribution in [0.2, 0.25) is 5.02 Å². The van der Waals surface area contributed by atoms with E-state index in [9.17, 15) is 5.11 Å². The van der Waals surface area contributed by atoms with E-state index in [1.54, 1.807) is 25.3 Å². The van der Waals surface area contributed by atoms with E-state index in [0.29, 0.717) is 17.2 Å². The third-order valence-corrected chi connectivity index (χ3v) is 6.01. The second-order valence-corrected chi connectivity index (χ2v) is 8.70. The van der Waals surface area contributed by atoms with Crippen molar-refractivity contribution in [1.29, 1.82) is 0 Å². The maximum absolute atomic E-state index is 10.5. The van der Waals surface area contributed by atoms with E-state index < -0.39 is 0 Å². The topological polar surface area (TPSA) is 62.8 Å². The summed E-state index contributed by atoms with van der Waals surface area (Å²) in [5, 5.41) is 18.2. The molecular formula is C25H24BrClN2O3. The first kappa shape index (κ1) is 22.5. The van der Waals surface area contributed by atoms with Crippen molar-refractivity contribution in [2.24, 2.45) is 0 Å². The minimum absolute atomic E-state index is 0.177. The van der Waals surface area contributed by atoms with Crippen LogP contribution >= 0.6 is 27.5 Å². The van der Waals surface area contributed by atoms with E-state index in [1.807, 2.05) is 55.5 Å². The lowest BCUT2D eigenvalue weighted by Gasteiger charge is -2.34. The zero-order valence-corrected chi connectivity index (χ0v) is 20.1.